The van der Waals surface area contributed by atoms with Crippen LogP contribution in [-0.2, 0) is 0 Å². The summed E-state index contributed by atoms with van der Waals surface area (Å²) in [5, 5.41) is 2.86. The monoisotopic (exact) mass is 348 g/mol. The van der Waals surface area contributed by atoms with E-state index in [1.807, 2.05) is 56.6 Å². The van der Waals surface area contributed by atoms with Crippen molar-refractivity contribution in [3.05, 3.63) is 66.4 Å². The van der Waals surface area contributed by atoms with Crippen molar-refractivity contribution in [2.75, 3.05) is 31.4 Å². The van der Waals surface area contributed by atoms with Crippen molar-refractivity contribution in [1.29, 1.82) is 0 Å². The molecular formula is C20H20N4O2. The number of hydrogen-bond donors (Lipinski definition) is 1. The van der Waals surface area contributed by atoms with Crippen molar-refractivity contribution < 1.29 is 9.53 Å². The lowest BCUT2D eigenvalue weighted by atomic mass is 10.0. The normalized spacial score (nSPS) is 10.3. The number of carbonyl (C=O) groups excluding carboxylic acids is 1. The lowest BCUT2D eigenvalue weighted by Crippen LogP contribution is -2.18. The van der Waals surface area contributed by atoms with E-state index in [1.54, 1.807) is 17.0 Å². The Kier molecular flexibility index (Phi) is 5.12. The molecule has 26 heavy (non-hydrogen) atoms. The summed E-state index contributed by atoms with van der Waals surface area (Å²) in [5.41, 5.74) is 3.25. The minimum absolute atomic E-state index is 0.221. The van der Waals surface area contributed by atoms with Crippen molar-refractivity contribution in [2.24, 2.45) is 0 Å². The van der Waals surface area contributed by atoms with Gasteiger partial charge in [-0.15, -0.1) is 0 Å². The fourth-order valence-electron chi connectivity index (χ4n) is 2.52. The number of nitrogens with one attached hydrogen (secondary N) is 1. The predicted octanol–water partition coefficient (Wildman–Crippen LogP) is 3.47. The average molecular weight is 348 g/mol. The van der Waals surface area contributed by atoms with Crippen LogP contribution in [0.2, 0.25) is 0 Å². The van der Waals surface area contributed by atoms with Crippen LogP contribution in [0.3, 0.4) is 0 Å². The number of hydrogen-bond acceptors (Lipinski definition) is 5. The maximum Gasteiger partial charge on any atom is 0.318 e. The zero-order chi connectivity index (χ0) is 18.5. The molecule has 0 saturated carbocycles. The number of ether oxygens (including phenoxy) is 1. The number of anilines is 2. The van der Waals surface area contributed by atoms with Crippen molar-refractivity contribution in [1.82, 2.24) is 9.97 Å². The van der Waals surface area contributed by atoms with Gasteiger partial charge in [-0.25, -0.2) is 4.98 Å². The Bertz CT molecular complexity index is 893. The van der Waals surface area contributed by atoms with Gasteiger partial charge in [-0.1, -0.05) is 42.5 Å². The van der Waals surface area contributed by atoms with Gasteiger partial charge in [0.25, 0.3) is 5.91 Å². The van der Waals surface area contributed by atoms with Gasteiger partial charge in [0.15, 0.2) is 5.82 Å². The molecule has 2 aromatic carbocycles. The van der Waals surface area contributed by atoms with Crippen LogP contribution in [0.1, 0.15) is 10.4 Å². The Morgan fingerprint density at radius 3 is 2.27 bits per heavy atom. The number of methoxy groups -OCH3 is 1. The highest BCUT2D eigenvalue weighted by molar-refractivity contribution is 6.05. The van der Waals surface area contributed by atoms with E-state index in [1.165, 1.54) is 13.3 Å². The van der Waals surface area contributed by atoms with Gasteiger partial charge in [-0.2, -0.15) is 4.98 Å². The van der Waals surface area contributed by atoms with Crippen LogP contribution in [0, 0.1) is 0 Å². The molecule has 0 saturated heterocycles. The Morgan fingerprint density at radius 1 is 1.00 bits per heavy atom. The number of rotatable bonds is 5. The summed E-state index contributed by atoms with van der Waals surface area (Å²) < 4.78 is 5.04. The van der Waals surface area contributed by atoms with Gasteiger partial charge in [-0.05, 0) is 23.3 Å². The molecule has 0 radical (unpaired) electrons. The topological polar surface area (TPSA) is 67.3 Å². The first-order valence-electron chi connectivity index (χ1n) is 8.13. The summed E-state index contributed by atoms with van der Waals surface area (Å²) in [4.78, 5) is 22.7. The lowest BCUT2D eigenvalue weighted by Gasteiger charge is -2.16. The van der Waals surface area contributed by atoms with Gasteiger partial charge < -0.3 is 15.0 Å². The first-order chi connectivity index (χ1) is 12.6. The molecule has 0 atom stereocenters. The third-order valence-electron chi connectivity index (χ3n) is 3.86. The summed E-state index contributed by atoms with van der Waals surface area (Å²) in [7, 11) is 5.18. The number of aromatic nitrogens is 2. The molecule has 0 fully saturated rings. The summed E-state index contributed by atoms with van der Waals surface area (Å²) in [6, 6.07) is 17.7. The third-order valence-corrected chi connectivity index (χ3v) is 3.86. The summed E-state index contributed by atoms with van der Waals surface area (Å²) in [5.74, 6) is 0.354. The minimum atomic E-state index is -0.221. The van der Waals surface area contributed by atoms with E-state index in [9.17, 15) is 4.79 Å². The molecule has 0 unspecified atom stereocenters. The summed E-state index contributed by atoms with van der Waals surface area (Å²) in [6.45, 7) is 0. The Balaban J connectivity index is 1.80. The fourth-order valence-corrected chi connectivity index (χ4v) is 2.52. The molecule has 3 aromatic rings. The average Bonchev–Trinajstić information content (AvgIpc) is 2.69. The molecule has 1 heterocycles. The van der Waals surface area contributed by atoms with E-state index in [2.05, 4.69) is 15.3 Å². The Labute approximate surface area is 152 Å². The van der Waals surface area contributed by atoms with Crippen molar-refractivity contribution in [2.45, 2.75) is 0 Å². The first kappa shape index (κ1) is 17.4. The second kappa shape index (κ2) is 7.65. The molecule has 0 aliphatic carbocycles. The standard InChI is InChI=1S/C20H20N4O2/c1-24(2)18-17(13-21-20(23-18)26-3)22-19(25)16-11-9-15(10-12-16)14-7-5-4-6-8-14/h4-13H,1-3H3,(H,22,25). The SMILES string of the molecule is COc1ncc(NC(=O)c2ccc(-c3ccccc3)cc2)c(N(C)C)n1. The van der Waals surface area contributed by atoms with Crippen LogP contribution in [0.5, 0.6) is 6.01 Å². The van der Waals surface area contributed by atoms with E-state index in [0.29, 0.717) is 17.1 Å². The summed E-state index contributed by atoms with van der Waals surface area (Å²) in [6.07, 6.45) is 1.54. The van der Waals surface area contributed by atoms with Crippen molar-refractivity contribution >= 4 is 17.4 Å². The molecule has 6 nitrogen and oxygen atoms in total. The van der Waals surface area contributed by atoms with Gasteiger partial charge >= 0.3 is 6.01 Å². The highest BCUT2D eigenvalue weighted by atomic mass is 16.5. The van der Waals surface area contributed by atoms with E-state index in [0.717, 1.165) is 11.1 Å². The van der Waals surface area contributed by atoms with Gasteiger partial charge in [0, 0.05) is 19.7 Å². The van der Waals surface area contributed by atoms with Crippen molar-refractivity contribution in [3.63, 3.8) is 0 Å². The molecule has 1 N–H and O–H groups in total. The first-order valence-corrected chi connectivity index (χ1v) is 8.13. The maximum absolute atomic E-state index is 12.6. The van der Waals surface area contributed by atoms with E-state index in [4.69, 9.17) is 4.74 Å². The zero-order valence-electron chi connectivity index (χ0n) is 14.9. The van der Waals surface area contributed by atoms with Crippen LogP contribution in [0.15, 0.2) is 60.8 Å². The second-order valence-electron chi connectivity index (χ2n) is 5.89. The van der Waals surface area contributed by atoms with Crippen LogP contribution in [0.25, 0.3) is 11.1 Å². The molecule has 0 spiro atoms. The van der Waals surface area contributed by atoms with Gasteiger partial charge in [0.1, 0.15) is 5.69 Å². The highest BCUT2D eigenvalue weighted by Crippen LogP contribution is 2.24. The second-order valence-corrected chi connectivity index (χ2v) is 5.89. The fraction of sp³-hybridized carbons (Fsp3) is 0.150. The number of carbonyl (C=O) groups is 1. The van der Waals surface area contributed by atoms with Crippen molar-refractivity contribution in [3.8, 4) is 17.1 Å². The molecule has 6 heteroatoms. The lowest BCUT2D eigenvalue weighted by molar-refractivity contribution is 0.102. The molecule has 1 aromatic heterocycles. The Morgan fingerprint density at radius 2 is 1.65 bits per heavy atom. The van der Waals surface area contributed by atoms with Gasteiger partial charge in [0.2, 0.25) is 0 Å². The number of nitrogens with zero attached hydrogens (tertiary/aromatic N) is 3. The molecule has 0 aliphatic rings. The van der Waals surface area contributed by atoms with Gasteiger partial charge in [-0.3, -0.25) is 4.79 Å². The van der Waals surface area contributed by atoms with E-state index in [-0.39, 0.29) is 11.9 Å². The Hall–Kier alpha value is -3.41. The third kappa shape index (κ3) is 3.80. The van der Waals surface area contributed by atoms with Crippen LogP contribution in [-0.4, -0.2) is 37.1 Å². The molecular weight excluding hydrogens is 328 g/mol. The number of amides is 1. The van der Waals surface area contributed by atoms with Crippen LogP contribution in [0.4, 0.5) is 11.5 Å². The molecule has 0 bridgehead atoms. The predicted molar refractivity (Wildman–Crippen MR) is 103 cm³/mol. The quantitative estimate of drug-likeness (QED) is 0.765. The molecule has 1 amide bonds. The number of benzene rings is 2. The van der Waals surface area contributed by atoms with Gasteiger partial charge in [0.05, 0.1) is 13.3 Å². The van der Waals surface area contributed by atoms with Crippen LogP contribution < -0.4 is 15.0 Å². The minimum Gasteiger partial charge on any atom is -0.467 e. The smallest absolute Gasteiger partial charge is 0.318 e. The largest absolute Gasteiger partial charge is 0.467 e. The van der Waals surface area contributed by atoms with E-state index < -0.39 is 0 Å². The molecule has 3 rings (SSSR count). The zero-order valence-corrected chi connectivity index (χ0v) is 14.9. The van der Waals surface area contributed by atoms with E-state index >= 15 is 0 Å². The summed E-state index contributed by atoms with van der Waals surface area (Å²) >= 11 is 0. The van der Waals surface area contributed by atoms with Crippen LogP contribution >= 0.6 is 0 Å². The highest BCUT2D eigenvalue weighted by Gasteiger charge is 2.14. The molecule has 0 aliphatic heterocycles. The molecule has 132 valence electrons. The maximum atomic E-state index is 12.6.